The van der Waals surface area contributed by atoms with Gasteiger partial charge in [0, 0.05) is 6.42 Å². The fraction of sp³-hybridized carbons (Fsp3) is 0.429. The number of unbranched alkanes of at least 4 members (excludes halogenated alkanes) is 1. The minimum atomic E-state index is -0.448. The van der Waals surface area contributed by atoms with Crippen LogP contribution in [0.15, 0.2) is 22.7 Å². The minimum absolute atomic E-state index is 0.0888. The first-order valence-electron chi connectivity index (χ1n) is 6.62. The van der Waals surface area contributed by atoms with E-state index in [-0.39, 0.29) is 17.5 Å². The monoisotopic (exact) mass is 297 g/mol. The average Bonchev–Trinajstić information content (AvgIpc) is 2.90. The van der Waals surface area contributed by atoms with E-state index in [1.807, 2.05) is 0 Å². The quantitative estimate of drug-likeness (QED) is 0.884. The molecule has 1 atom stereocenters. The SMILES string of the molecule is CCCCC(N)c1nc(Cc2cccc(Cl)c2F)no1. The second kappa shape index (κ2) is 6.81. The van der Waals surface area contributed by atoms with Crippen molar-refractivity contribution < 1.29 is 8.91 Å². The van der Waals surface area contributed by atoms with Crippen molar-refractivity contribution in [3.05, 3.63) is 46.3 Å². The van der Waals surface area contributed by atoms with Gasteiger partial charge in [-0.15, -0.1) is 0 Å². The van der Waals surface area contributed by atoms with E-state index in [9.17, 15) is 4.39 Å². The van der Waals surface area contributed by atoms with Gasteiger partial charge in [-0.1, -0.05) is 48.7 Å². The third-order valence-corrected chi connectivity index (χ3v) is 3.34. The Morgan fingerprint density at radius 2 is 2.25 bits per heavy atom. The van der Waals surface area contributed by atoms with Crippen molar-refractivity contribution in [2.45, 2.75) is 38.6 Å². The Kier molecular flexibility index (Phi) is 5.09. The summed E-state index contributed by atoms with van der Waals surface area (Å²) < 4.78 is 18.9. The third-order valence-electron chi connectivity index (χ3n) is 3.05. The Bertz CT molecular complexity index is 573. The fourth-order valence-corrected chi connectivity index (χ4v) is 2.09. The molecule has 108 valence electrons. The predicted molar refractivity (Wildman–Crippen MR) is 75.0 cm³/mol. The second-order valence-corrected chi connectivity index (χ2v) is 5.09. The minimum Gasteiger partial charge on any atom is -0.338 e. The molecule has 20 heavy (non-hydrogen) atoms. The zero-order chi connectivity index (χ0) is 14.5. The van der Waals surface area contributed by atoms with Crippen molar-refractivity contribution in [2.75, 3.05) is 0 Å². The van der Waals surface area contributed by atoms with Crippen molar-refractivity contribution in [3.63, 3.8) is 0 Å². The topological polar surface area (TPSA) is 64.9 Å². The highest BCUT2D eigenvalue weighted by molar-refractivity contribution is 6.30. The molecule has 0 spiro atoms. The molecule has 1 unspecified atom stereocenters. The van der Waals surface area contributed by atoms with Crippen molar-refractivity contribution in [1.29, 1.82) is 0 Å². The Labute approximate surface area is 122 Å². The summed E-state index contributed by atoms with van der Waals surface area (Å²) in [5.74, 6) is 0.361. The van der Waals surface area contributed by atoms with E-state index in [4.69, 9.17) is 21.9 Å². The molecular formula is C14H17ClFN3O. The fourth-order valence-electron chi connectivity index (χ4n) is 1.89. The molecule has 0 bridgehead atoms. The van der Waals surface area contributed by atoms with Crippen molar-refractivity contribution in [1.82, 2.24) is 10.1 Å². The number of benzene rings is 1. The Hall–Kier alpha value is -1.46. The summed E-state index contributed by atoms with van der Waals surface area (Å²) in [5, 5.41) is 3.92. The van der Waals surface area contributed by atoms with Gasteiger partial charge in [0.05, 0.1) is 11.1 Å². The number of hydrogen-bond acceptors (Lipinski definition) is 4. The van der Waals surface area contributed by atoms with Gasteiger partial charge in [-0.25, -0.2) is 4.39 Å². The summed E-state index contributed by atoms with van der Waals surface area (Å²) in [6.45, 7) is 2.09. The molecule has 1 heterocycles. The second-order valence-electron chi connectivity index (χ2n) is 4.69. The zero-order valence-corrected chi connectivity index (χ0v) is 12.0. The number of halogens is 2. The van der Waals surface area contributed by atoms with Gasteiger partial charge in [0.15, 0.2) is 5.82 Å². The molecule has 0 aliphatic heterocycles. The summed E-state index contributed by atoms with van der Waals surface area (Å²) in [7, 11) is 0. The lowest BCUT2D eigenvalue weighted by Gasteiger charge is -2.04. The van der Waals surface area contributed by atoms with Gasteiger partial charge in [0.2, 0.25) is 5.89 Å². The molecule has 0 fully saturated rings. The van der Waals surface area contributed by atoms with Gasteiger partial charge in [0.1, 0.15) is 5.82 Å². The molecule has 0 radical (unpaired) electrons. The van der Waals surface area contributed by atoms with Crippen LogP contribution in [0.1, 0.15) is 49.5 Å². The van der Waals surface area contributed by atoms with E-state index in [0.29, 0.717) is 17.3 Å². The first-order valence-corrected chi connectivity index (χ1v) is 7.00. The summed E-state index contributed by atoms with van der Waals surface area (Å²) in [6.07, 6.45) is 3.09. The van der Waals surface area contributed by atoms with Gasteiger partial charge in [0.25, 0.3) is 0 Å². The van der Waals surface area contributed by atoms with Crippen LogP contribution in [-0.4, -0.2) is 10.1 Å². The van der Waals surface area contributed by atoms with Crippen molar-refractivity contribution in [2.24, 2.45) is 5.73 Å². The molecular weight excluding hydrogens is 281 g/mol. The standard InChI is InChI=1S/C14H17ClFN3O/c1-2-3-7-11(17)14-18-12(19-20-14)8-9-5-4-6-10(15)13(9)16/h4-6,11H,2-3,7-8,17H2,1H3. The third kappa shape index (κ3) is 3.55. The largest absolute Gasteiger partial charge is 0.338 e. The van der Waals surface area contributed by atoms with Crippen LogP contribution in [0.4, 0.5) is 4.39 Å². The van der Waals surface area contributed by atoms with Crippen LogP contribution in [0.3, 0.4) is 0 Å². The van der Waals surface area contributed by atoms with Crippen LogP contribution >= 0.6 is 11.6 Å². The summed E-state index contributed by atoms with van der Waals surface area (Å²) in [5.41, 5.74) is 6.39. The highest BCUT2D eigenvalue weighted by atomic mass is 35.5. The van der Waals surface area contributed by atoms with E-state index in [2.05, 4.69) is 17.1 Å². The molecule has 1 aromatic carbocycles. The van der Waals surface area contributed by atoms with E-state index in [0.717, 1.165) is 19.3 Å². The molecule has 1 aromatic heterocycles. The van der Waals surface area contributed by atoms with Crippen LogP contribution in [0.25, 0.3) is 0 Å². The van der Waals surface area contributed by atoms with Crippen LogP contribution in [-0.2, 0) is 6.42 Å². The van der Waals surface area contributed by atoms with Gasteiger partial charge in [-0.3, -0.25) is 0 Å². The highest BCUT2D eigenvalue weighted by Crippen LogP contribution is 2.21. The Morgan fingerprint density at radius 3 is 3.00 bits per heavy atom. The zero-order valence-electron chi connectivity index (χ0n) is 11.3. The lowest BCUT2D eigenvalue weighted by Crippen LogP contribution is -2.10. The maximum atomic E-state index is 13.8. The summed E-state index contributed by atoms with van der Waals surface area (Å²) in [6, 6.07) is 4.58. The van der Waals surface area contributed by atoms with E-state index < -0.39 is 5.82 Å². The summed E-state index contributed by atoms with van der Waals surface area (Å²) in [4.78, 5) is 4.22. The van der Waals surface area contributed by atoms with Gasteiger partial charge < -0.3 is 10.3 Å². The number of aromatic nitrogens is 2. The molecule has 0 saturated heterocycles. The van der Waals surface area contributed by atoms with Crippen molar-refractivity contribution >= 4 is 11.6 Å². The van der Waals surface area contributed by atoms with Gasteiger partial charge in [-0.05, 0) is 18.1 Å². The molecule has 0 aliphatic rings. The smallest absolute Gasteiger partial charge is 0.243 e. The average molecular weight is 298 g/mol. The summed E-state index contributed by atoms with van der Waals surface area (Å²) >= 11 is 5.73. The van der Waals surface area contributed by atoms with Gasteiger partial charge in [-0.2, -0.15) is 4.98 Å². The number of nitrogens with zero attached hydrogens (tertiary/aromatic N) is 2. The van der Waals surface area contributed by atoms with Crippen molar-refractivity contribution in [3.8, 4) is 0 Å². The van der Waals surface area contributed by atoms with E-state index >= 15 is 0 Å². The lowest BCUT2D eigenvalue weighted by molar-refractivity contribution is 0.343. The molecule has 4 nitrogen and oxygen atoms in total. The molecule has 0 saturated carbocycles. The number of rotatable bonds is 6. The first-order chi connectivity index (χ1) is 9.61. The first kappa shape index (κ1) is 14.9. The maximum Gasteiger partial charge on any atom is 0.243 e. The molecule has 2 rings (SSSR count). The van der Waals surface area contributed by atoms with Gasteiger partial charge >= 0.3 is 0 Å². The molecule has 0 amide bonds. The van der Waals surface area contributed by atoms with E-state index in [1.54, 1.807) is 12.1 Å². The Balaban J connectivity index is 2.07. The number of hydrogen-bond donors (Lipinski definition) is 1. The molecule has 6 heteroatoms. The lowest BCUT2D eigenvalue weighted by atomic mass is 10.1. The molecule has 2 aromatic rings. The van der Waals surface area contributed by atoms with Crippen LogP contribution in [0.5, 0.6) is 0 Å². The van der Waals surface area contributed by atoms with Crippen LogP contribution in [0, 0.1) is 5.82 Å². The molecule has 0 aliphatic carbocycles. The Morgan fingerprint density at radius 1 is 1.45 bits per heavy atom. The predicted octanol–water partition coefficient (Wildman–Crippen LogP) is 3.64. The highest BCUT2D eigenvalue weighted by Gasteiger charge is 2.16. The normalized spacial score (nSPS) is 12.6. The van der Waals surface area contributed by atoms with E-state index in [1.165, 1.54) is 6.07 Å². The van der Waals surface area contributed by atoms with Crippen LogP contribution in [0.2, 0.25) is 5.02 Å². The number of nitrogens with two attached hydrogens (primary N) is 1. The van der Waals surface area contributed by atoms with Crippen LogP contribution < -0.4 is 5.73 Å². The maximum absolute atomic E-state index is 13.8. The molecule has 2 N–H and O–H groups in total.